The number of halogens is 3. The molecular weight excluding hydrogens is 244 g/mol. The van der Waals surface area contributed by atoms with E-state index in [4.69, 9.17) is 34.8 Å². The number of hydrogen-bond acceptors (Lipinski definition) is 1. The highest BCUT2D eigenvalue weighted by Crippen LogP contribution is 2.26. The van der Waals surface area contributed by atoms with Gasteiger partial charge in [-0.05, 0) is 18.2 Å². The maximum Gasteiger partial charge on any atom is 0.241 e. The predicted octanol–water partition coefficient (Wildman–Crippen LogP) is 3.20. The molecule has 76 valence electrons. The van der Waals surface area contributed by atoms with Crippen molar-refractivity contribution in [2.45, 2.75) is 0 Å². The summed E-state index contributed by atoms with van der Waals surface area (Å²) in [6.07, 6.45) is 0. The van der Waals surface area contributed by atoms with Gasteiger partial charge >= 0.3 is 0 Å². The molecule has 14 heavy (non-hydrogen) atoms. The third-order valence-corrected chi connectivity index (χ3v) is 2.75. The molecule has 0 unspecified atom stereocenters. The van der Waals surface area contributed by atoms with Crippen LogP contribution >= 0.6 is 34.8 Å². The normalized spacial score (nSPS) is 10.0. The number of hydrogen-bond donors (Lipinski definition) is 0. The van der Waals surface area contributed by atoms with E-state index in [0.717, 1.165) is 0 Å². The average molecular weight is 253 g/mol. The van der Waals surface area contributed by atoms with Crippen molar-refractivity contribution in [3.63, 3.8) is 0 Å². The van der Waals surface area contributed by atoms with Crippen molar-refractivity contribution < 1.29 is 4.79 Å². The Kier molecular flexibility index (Phi) is 4.05. The fourth-order valence-corrected chi connectivity index (χ4v) is 1.40. The largest absolute Gasteiger partial charge is 0.314 e. The van der Waals surface area contributed by atoms with Gasteiger partial charge in [-0.25, -0.2) is 0 Å². The molecule has 0 heterocycles. The second kappa shape index (κ2) is 4.87. The maximum absolute atomic E-state index is 11.2. The first-order valence-corrected chi connectivity index (χ1v) is 5.13. The Balaban J connectivity index is 2.96. The fourth-order valence-electron chi connectivity index (χ4n) is 0.927. The molecule has 1 aromatic carbocycles. The molecule has 0 N–H and O–H groups in total. The molecule has 1 aromatic rings. The Bertz CT molecular complexity index is 354. The van der Waals surface area contributed by atoms with Gasteiger partial charge in [0.2, 0.25) is 5.91 Å². The number of carbonyl (C=O) groups excluding carboxylic acids is 1. The summed E-state index contributed by atoms with van der Waals surface area (Å²) in [6.45, 7) is 0. The van der Waals surface area contributed by atoms with Crippen LogP contribution in [0.25, 0.3) is 0 Å². The lowest BCUT2D eigenvalue weighted by atomic mass is 10.3. The molecule has 1 amide bonds. The van der Waals surface area contributed by atoms with Crippen LogP contribution < -0.4 is 4.90 Å². The number of rotatable bonds is 2. The van der Waals surface area contributed by atoms with Crippen LogP contribution in [0, 0.1) is 0 Å². The molecular formula is C9H8Cl3NO. The van der Waals surface area contributed by atoms with Gasteiger partial charge in [0, 0.05) is 12.7 Å². The van der Waals surface area contributed by atoms with Gasteiger partial charge in [-0.1, -0.05) is 23.2 Å². The molecule has 2 nitrogen and oxygen atoms in total. The molecule has 0 saturated carbocycles. The number of amides is 1. The molecule has 0 aromatic heterocycles. The Labute approximate surface area is 97.4 Å². The lowest BCUT2D eigenvalue weighted by Gasteiger charge is -2.16. The van der Waals surface area contributed by atoms with Gasteiger partial charge in [0.15, 0.2) is 0 Å². The summed E-state index contributed by atoms with van der Waals surface area (Å²) in [7, 11) is 1.63. The summed E-state index contributed by atoms with van der Waals surface area (Å²) >= 11 is 17.0. The number of carbonyl (C=O) groups is 1. The topological polar surface area (TPSA) is 20.3 Å². The molecule has 0 radical (unpaired) electrons. The van der Waals surface area contributed by atoms with Crippen LogP contribution in [0.5, 0.6) is 0 Å². The van der Waals surface area contributed by atoms with E-state index in [1.54, 1.807) is 25.2 Å². The van der Waals surface area contributed by atoms with E-state index in [-0.39, 0.29) is 11.8 Å². The van der Waals surface area contributed by atoms with E-state index in [1.165, 1.54) is 4.90 Å². The number of anilines is 1. The molecule has 0 fully saturated rings. The Hall–Kier alpha value is -0.440. The van der Waals surface area contributed by atoms with E-state index in [2.05, 4.69) is 0 Å². The van der Waals surface area contributed by atoms with Crippen molar-refractivity contribution >= 4 is 46.4 Å². The lowest BCUT2D eigenvalue weighted by Crippen LogP contribution is -2.27. The van der Waals surface area contributed by atoms with E-state index >= 15 is 0 Å². The van der Waals surface area contributed by atoms with Crippen molar-refractivity contribution in [2.24, 2.45) is 0 Å². The minimum absolute atomic E-state index is 0.0588. The number of nitrogens with zero attached hydrogens (tertiary/aromatic N) is 1. The quantitative estimate of drug-likeness (QED) is 0.740. The first kappa shape index (κ1) is 11.6. The van der Waals surface area contributed by atoms with E-state index in [9.17, 15) is 4.79 Å². The zero-order valence-corrected chi connectivity index (χ0v) is 9.70. The van der Waals surface area contributed by atoms with Gasteiger partial charge in [-0.2, -0.15) is 0 Å². The van der Waals surface area contributed by atoms with Crippen molar-refractivity contribution in [3.8, 4) is 0 Å². The van der Waals surface area contributed by atoms with Gasteiger partial charge in [-0.3, -0.25) is 4.79 Å². The second-order valence-corrected chi connectivity index (χ2v) is 3.77. The summed E-state index contributed by atoms with van der Waals surface area (Å²) in [6, 6.07) is 4.96. The van der Waals surface area contributed by atoms with Crippen molar-refractivity contribution in [1.82, 2.24) is 0 Å². The van der Waals surface area contributed by atoms with Crippen molar-refractivity contribution in [3.05, 3.63) is 28.2 Å². The highest BCUT2D eigenvalue weighted by molar-refractivity contribution is 6.42. The third-order valence-electron chi connectivity index (χ3n) is 1.78. The zero-order valence-electron chi connectivity index (χ0n) is 7.43. The summed E-state index contributed by atoms with van der Waals surface area (Å²) in [5, 5.41) is 0.875. The second-order valence-electron chi connectivity index (χ2n) is 2.68. The molecule has 5 heteroatoms. The minimum atomic E-state index is -0.190. The van der Waals surface area contributed by atoms with Crippen molar-refractivity contribution in [2.75, 3.05) is 17.8 Å². The number of benzene rings is 1. The van der Waals surface area contributed by atoms with Gasteiger partial charge in [0.25, 0.3) is 0 Å². The highest BCUT2D eigenvalue weighted by Gasteiger charge is 2.10. The smallest absolute Gasteiger partial charge is 0.241 e. The lowest BCUT2D eigenvalue weighted by molar-refractivity contribution is -0.116. The van der Waals surface area contributed by atoms with Crippen LogP contribution in [0.3, 0.4) is 0 Å². The van der Waals surface area contributed by atoms with Gasteiger partial charge in [-0.15, -0.1) is 11.6 Å². The van der Waals surface area contributed by atoms with Gasteiger partial charge in [0.1, 0.15) is 5.88 Å². The first-order valence-electron chi connectivity index (χ1n) is 3.84. The molecule has 0 bridgehead atoms. The summed E-state index contributed by atoms with van der Waals surface area (Å²) in [5.74, 6) is -0.249. The molecule has 0 aliphatic rings. The predicted molar refractivity (Wildman–Crippen MR) is 60.6 cm³/mol. The average Bonchev–Trinajstić information content (AvgIpc) is 2.20. The molecule has 1 rings (SSSR count). The SMILES string of the molecule is CN(C(=O)CCl)c1ccc(Cl)c(Cl)c1. The molecule has 0 atom stereocenters. The highest BCUT2D eigenvalue weighted by atomic mass is 35.5. The van der Waals surface area contributed by atoms with Crippen LogP contribution in [0.4, 0.5) is 5.69 Å². The van der Waals surface area contributed by atoms with Crippen LogP contribution in [-0.4, -0.2) is 18.8 Å². The minimum Gasteiger partial charge on any atom is -0.314 e. The van der Waals surface area contributed by atoms with Gasteiger partial charge in [0.05, 0.1) is 10.0 Å². The Morgan fingerprint density at radius 3 is 2.50 bits per heavy atom. The monoisotopic (exact) mass is 251 g/mol. The van der Waals surface area contributed by atoms with E-state index < -0.39 is 0 Å². The standard InChI is InChI=1S/C9H8Cl3NO/c1-13(9(14)5-10)6-2-3-7(11)8(12)4-6/h2-4H,5H2,1H3. The maximum atomic E-state index is 11.2. The summed E-state index contributed by atoms with van der Waals surface area (Å²) in [5.41, 5.74) is 0.671. The van der Waals surface area contributed by atoms with Crippen molar-refractivity contribution in [1.29, 1.82) is 0 Å². The van der Waals surface area contributed by atoms with E-state index in [1.807, 2.05) is 0 Å². The van der Waals surface area contributed by atoms with Gasteiger partial charge < -0.3 is 4.90 Å². The zero-order chi connectivity index (χ0) is 10.7. The Morgan fingerprint density at radius 1 is 1.36 bits per heavy atom. The Morgan fingerprint density at radius 2 is 2.00 bits per heavy atom. The first-order chi connectivity index (χ1) is 6.56. The summed E-state index contributed by atoms with van der Waals surface area (Å²) in [4.78, 5) is 12.7. The molecule has 0 spiro atoms. The van der Waals surface area contributed by atoms with Crippen LogP contribution in [0.1, 0.15) is 0 Å². The van der Waals surface area contributed by atoms with Crippen LogP contribution in [-0.2, 0) is 4.79 Å². The van der Waals surface area contributed by atoms with E-state index in [0.29, 0.717) is 15.7 Å². The third kappa shape index (κ3) is 2.53. The molecule has 0 saturated heterocycles. The molecule has 0 aliphatic carbocycles. The van der Waals surface area contributed by atoms with Crippen LogP contribution in [0.15, 0.2) is 18.2 Å². The molecule has 0 aliphatic heterocycles. The fraction of sp³-hybridized carbons (Fsp3) is 0.222. The number of alkyl halides is 1. The van der Waals surface area contributed by atoms with Crippen LogP contribution in [0.2, 0.25) is 10.0 Å². The summed E-state index contributed by atoms with van der Waals surface area (Å²) < 4.78 is 0.